The molecule has 0 fully saturated rings. The summed E-state index contributed by atoms with van der Waals surface area (Å²) in [7, 11) is 3.56. The van der Waals surface area contributed by atoms with E-state index in [1.807, 2.05) is 0 Å². The highest BCUT2D eigenvalue weighted by molar-refractivity contribution is 4.87. The molecule has 14 heavy (non-hydrogen) atoms. The van der Waals surface area contributed by atoms with Crippen molar-refractivity contribution in [3.8, 4) is 0 Å². The molecule has 0 radical (unpaired) electrons. The van der Waals surface area contributed by atoms with Crippen LogP contribution in [-0.4, -0.2) is 26.9 Å². The molecule has 0 aliphatic carbocycles. The molecule has 0 rings (SSSR count). The molecule has 0 aromatic carbocycles. The van der Waals surface area contributed by atoms with Gasteiger partial charge in [-0.25, -0.2) is 0 Å². The normalized spacial score (nSPS) is 18.2. The van der Waals surface area contributed by atoms with Crippen LogP contribution in [0.5, 0.6) is 0 Å². The van der Waals surface area contributed by atoms with Crippen LogP contribution in [0.1, 0.15) is 40.5 Å². The predicted octanol–water partition coefficient (Wildman–Crippen LogP) is 3.11. The van der Waals surface area contributed by atoms with Crippen molar-refractivity contribution in [2.24, 2.45) is 11.3 Å². The SMILES string of the molecule is CCCC(COC)(C(C)C)C(C)OC. The molecule has 86 valence electrons. The van der Waals surface area contributed by atoms with E-state index in [1.54, 1.807) is 14.2 Å². The van der Waals surface area contributed by atoms with Gasteiger partial charge in [0.25, 0.3) is 0 Å². The molecule has 0 saturated heterocycles. The molecular weight excluding hydrogens is 176 g/mol. The van der Waals surface area contributed by atoms with E-state index in [-0.39, 0.29) is 11.5 Å². The molecule has 0 aliphatic heterocycles. The van der Waals surface area contributed by atoms with Crippen LogP contribution in [0.25, 0.3) is 0 Å². The summed E-state index contributed by atoms with van der Waals surface area (Å²) in [6.07, 6.45) is 2.59. The Labute approximate surface area is 89.0 Å². The van der Waals surface area contributed by atoms with Crippen molar-refractivity contribution in [3.63, 3.8) is 0 Å². The van der Waals surface area contributed by atoms with Crippen molar-refractivity contribution in [1.29, 1.82) is 0 Å². The third kappa shape index (κ3) is 2.96. The van der Waals surface area contributed by atoms with Gasteiger partial charge < -0.3 is 9.47 Å². The van der Waals surface area contributed by atoms with Gasteiger partial charge in [-0.2, -0.15) is 0 Å². The third-order valence-electron chi connectivity index (χ3n) is 3.44. The summed E-state index contributed by atoms with van der Waals surface area (Å²) in [4.78, 5) is 0. The number of hydrogen-bond donors (Lipinski definition) is 0. The number of rotatable bonds is 7. The van der Waals surface area contributed by atoms with Gasteiger partial charge in [-0.05, 0) is 19.3 Å². The fourth-order valence-corrected chi connectivity index (χ4v) is 2.29. The van der Waals surface area contributed by atoms with Gasteiger partial charge in [-0.15, -0.1) is 0 Å². The van der Waals surface area contributed by atoms with Gasteiger partial charge in [0.15, 0.2) is 0 Å². The summed E-state index contributed by atoms with van der Waals surface area (Å²) in [6.45, 7) is 9.66. The van der Waals surface area contributed by atoms with E-state index in [2.05, 4.69) is 27.7 Å². The molecule has 0 saturated carbocycles. The lowest BCUT2D eigenvalue weighted by atomic mass is 9.70. The zero-order chi connectivity index (χ0) is 11.2. The second-order valence-corrected chi connectivity index (χ2v) is 4.45. The Hall–Kier alpha value is -0.0800. The lowest BCUT2D eigenvalue weighted by Crippen LogP contribution is -2.43. The van der Waals surface area contributed by atoms with E-state index < -0.39 is 0 Å². The molecule has 2 unspecified atom stereocenters. The molecule has 0 aromatic rings. The summed E-state index contributed by atoms with van der Waals surface area (Å²) in [5, 5.41) is 0. The number of methoxy groups -OCH3 is 2. The van der Waals surface area contributed by atoms with Gasteiger partial charge >= 0.3 is 0 Å². The molecule has 0 spiro atoms. The van der Waals surface area contributed by atoms with Gasteiger partial charge in [0.1, 0.15) is 0 Å². The van der Waals surface area contributed by atoms with Gasteiger partial charge in [-0.1, -0.05) is 27.2 Å². The van der Waals surface area contributed by atoms with Crippen molar-refractivity contribution < 1.29 is 9.47 Å². The maximum atomic E-state index is 5.50. The quantitative estimate of drug-likeness (QED) is 0.631. The van der Waals surface area contributed by atoms with Gasteiger partial charge in [0, 0.05) is 19.6 Å². The minimum Gasteiger partial charge on any atom is -0.384 e. The highest BCUT2D eigenvalue weighted by Gasteiger charge is 2.38. The van der Waals surface area contributed by atoms with Crippen LogP contribution in [0.2, 0.25) is 0 Å². The number of ether oxygens (including phenoxy) is 2. The minimum absolute atomic E-state index is 0.165. The smallest absolute Gasteiger partial charge is 0.0623 e. The first-order valence-corrected chi connectivity index (χ1v) is 5.56. The van der Waals surface area contributed by atoms with E-state index in [9.17, 15) is 0 Å². The topological polar surface area (TPSA) is 18.5 Å². The molecule has 2 atom stereocenters. The zero-order valence-corrected chi connectivity index (χ0v) is 10.6. The highest BCUT2D eigenvalue weighted by Crippen LogP contribution is 2.38. The molecule has 0 N–H and O–H groups in total. The Morgan fingerprint density at radius 1 is 1.14 bits per heavy atom. The fourth-order valence-electron chi connectivity index (χ4n) is 2.29. The Bertz CT molecular complexity index is 137. The predicted molar refractivity (Wildman–Crippen MR) is 60.5 cm³/mol. The molecule has 0 aromatic heterocycles. The van der Waals surface area contributed by atoms with Gasteiger partial charge in [0.05, 0.1) is 12.7 Å². The van der Waals surface area contributed by atoms with Crippen LogP contribution in [0.3, 0.4) is 0 Å². The summed E-state index contributed by atoms with van der Waals surface area (Å²) in [6, 6.07) is 0. The molecule has 0 amide bonds. The third-order valence-corrected chi connectivity index (χ3v) is 3.44. The average Bonchev–Trinajstić information content (AvgIpc) is 2.15. The Morgan fingerprint density at radius 3 is 2.00 bits per heavy atom. The summed E-state index contributed by atoms with van der Waals surface area (Å²) in [5.74, 6) is 0.581. The molecule has 0 heterocycles. The Kier molecular flexibility index (Phi) is 6.38. The zero-order valence-electron chi connectivity index (χ0n) is 10.6. The summed E-state index contributed by atoms with van der Waals surface area (Å²) < 4.78 is 10.9. The summed E-state index contributed by atoms with van der Waals surface area (Å²) >= 11 is 0. The van der Waals surface area contributed by atoms with E-state index >= 15 is 0 Å². The Balaban J connectivity index is 4.72. The van der Waals surface area contributed by atoms with Crippen LogP contribution in [0.15, 0.2) is 0 Å². The molecular formula is C12H26O2. The molecule has 2 nitrogen and oxygen atoms in total. The molecule has 0 bridgehead atoms. The average molecular weight is 202 g/mol. The van der Waals surface area contributed by atoms with Crippen LogP contribution in [0.4, 0.5) is 0 Å². The standard InChI is InChI=1S/C12H26O2/c1-7-8-12(9-13-5,10(2)3)11(4)14-6/h10-11H,7-9H2,1-6H3. The maximum Gasteiger partial charge on any atom is 0.0623 e. The van der Waals surface area contributed by atoms with Crippen molar-refractivity contribution in [2.75, 3.05) is 20.8 Å². The Morgan fingerprint density at radius 2 is 1.71 bits per heavy atom. The van der Waals surface area contributed by atoms with Gasteiger partial charge in [0.2, 0.25) is 0 Å². The first kappa shape index (κ1) is 13.9. The maximum absolute atomic E-state index is 5.50. The first-order chi connectivity index (χ1) is 6.55. The van der Waals surface area contributed by atoms with Crippen molar-refractivity contribution in [1.82, 2.24) is 0 Å². The molecule has 0 aliphatic rings. The molecule has 2 heteroatoms. The fraction of sp³-hybridized carbons (Fsp3) is 1.00. The first-order valence-electron chi connectivity index (χ1n) is 5.56. The van der Waals surface area contributed by atoms with E-state index in [4.69, 9.17) is 9.47 Å². The van der Waals surface area contributed by atoms with Gasteiger partial charge in [-0.3, -0.25) is 0 Å². The highest BCUT2D eigenvalue weighted by atomic mass is 16.5. The van der Waals surface area contributed by atoms with E-state index in [1.165, 1.54) is 6.42 Å². The second-order valence-electron chi connectivity index (χ2n) is 4.45. The summed E-state index contributed by atoms with van der Waals surface area (Å²) in [5.41, 5.74) is 0.165. The van der Waals surface area contributed by atoms with Crippen LogP contribution < -0.4 is 0 Å². The van der Waals surface area contributed by atoms with E-state index in [0.717, 1.165) is 13.0 Å². The van der Waals surface area contributed by atoms with Crippen LogP contribution in [-0.2, 0) is 9.47 Å². The minimum atomic E-state index is 0.165. The second kappa shape index (κ2) is 6.41. The van der Waals surface area contributed by atoms with Crippen molar-refractivity contribution in [3.05, 3.63) is 0 Å². The largest absolute Gasteiger partial charge is 0.384 e. The number of hydrogen-bond acceptors (Lipinski definition) is 2. The van der Waals surface area contributed by atoms with Crippen LogP contribution in [0, 0.1) is 11.3 Å². The van der Waals surface area contributed by atoms with Crippen molar-refractivity contribution >= 4 is 0 Å². The van der Waals surface area contributed by atoms with E-state index in [0.29, 0.717) is 5.92 Å². The van der Waals surface area contributed by atoms with Crippen molar-refractivity contribution in [2.45, 2.75) is 46.6 Å². The lowest BCUT2D eigenvalue weighted by Gasteiger charge is -2.41. The monoisotopic (exact) mass is 202 g/mol. The lowest BCUT2D eigenvalue weighted by molar-refractivity contribution is -0.0778. The van der Waals surface area contributed by atoms with Crippen LogP contribution >= 0.6 is 0 Å².